The van der Waals surface area contributed by atoms with Crippen LogP contribution in [0.3, 0.4) is 0 Å². The molecular weight excluding hydrogens is 228 g/mol. The van der Waals surface area contributed by atoms with Crippen LogP contribution in [0.25, 0.3) is 0 Å². The number of rotatable bonds is 2. The third-order valence-corrected chi connectivity index (χ3v) is 3.24. The van der Waals surface area contributed by atoms with Gasteiger partial charge in [0.05, 0.1) is 11.3 Å². The number of nitrogens with zero attached hydrogens (tertiary/aromatic N) is 2. The lowest BCUT2D eigenvalue weighted by Gasteiger charge is -2.21. The van der Waals surface area contributed by atoms with E-state index in [-0.39, 0.29) is 17.8 Å². The molecule has 4 nitrogen and oxygen atoms in total. The molecule has 1 aliphatic rings. The lowest BCUT2D eigenvalue weighted by atomic mass is 9.98. The van der Waals surface area contributed by atoms with Crippen LogP contribution in [0.5, 0.6) is 0 Å². The van der Waals surface area contributed by atoms with Crippen LogP contribution in [0.2, 0.25) is 0 Å². The molecule has 0 aliphatic heterocycles. The third-order valence-electron chi connectivity index (χ3n) is 3.24. The molecule has 0 radical (unpaired) electrons. The molecule has 0 saturated heterocycles. The predicted octanol–water partition coefficient (Wildman–Crippen LogP) is 2.75. The zero-order valence-electron chi connectivity index (χ0n) is 10.5. The van der Waals surface area contributed by atoms with Gasteiger partial charge in [0, 0.05) is 0 Å². The Kier molecular flexibility index (Phi) is 3.93. The average molecular weight is 244 g/mol. The number of aromatic nitrogens is 1. The Labute approximate surface area is 107 Å². The number of carbonyl (C=O) groups is 1. The van der Waals surface area contributed by atoms with Crippen molar-refractivity contribution in [1.29, 1.82) is 5.26 Å². The van der Waals surface area contributed by atoms with Crippen molar-refractivity contribution < 1.29 is 9.53 Å². The molecule has 0 bridgehead atoms. The molecule has 0 aromatic carbocycles. The van der Waals surface area contributed by atoms with E-state index in [0.717, 1.165) is 25.7 Å². The monoisotopic (exact) mass is 244 g/mol. The SMILES string of the molecule is Cc1nc(C(=O)OC2CCCCC2)ccc1C#N. The van der Waals surface area contributed by atoms with Crippen LogP contribution in [-0.2, 0) is 4.74 Å². The van der Waals surface area contributed by atoms with Gasteiger partial charge in [-0.15, -0.1) is 0 Å². The Hall–Kier alpha value is -1.89. The molecule has 1 fully saturated rings. The van der Waals surface area contributed by atoms with Gasteiger partial charge in [-0.3, -0.25) is 0 Å². The maximum absolute atomic E-state index is 11.9. The molecule has 1 saturated carbocycles. The van der Waals surface area contributed by atoms with Crippen molar-refractivity contribution in [3.05, 3.63) is 29.1 Å². The van der Waals surface area contributed by atoms with Crippen molar-refractivity contribution in [3.8, 4) is 6.07 Å². The van der Waals surface area contributed by atoms with E-state index < -0.39 is 0 Å². The van der Waals surface area contributed by atoms with Gasteiger partial charge in [0.25, 0.3) is 0 Å². The molecule has 18 heavy (non-hydrogen) atoms. The van der Waals surface area contributed by atoms with Crippen LogP contribution in [0.4, 0.5) is 0 Å². The van der Waals surface area contributed by atoms with E-state index in [1.54, 1.807) is 19.1 Å². The highest BCUT2D eigenvalue weighted by Crippen LogP contribution is 2.21. The summed E-state index contributed by atoms with van der Waals surface area (Å²) in [5.41, 5.74) is 1.34. The molecule has 1 aromatic heterocycles. The van der Waals surface area contributed by atoms with Gasteiger partial charge in [-0.05, 0) is 44.7 Å². The second kappa shape index (κ2) is 5.63. The van der Waals surface area contributed by atoms with E-state index in [9.17, 15) is 4.79 Å². The summed E-state index contributed by atoms with van der Waals surface area (Å²) >= 11 is 0. The molecule has 0 unspecified atom stereocenters. The van der Waals surface area contributed by atoms with Gasteiger partial charge in [0.15, 0.2) is 0 Å². The molecule has 0 spiro atoms. The first kappa shape index (κ1) is 12.6. The van der Waals surface area contributed by atoms with E-state index in [0.29, 0.717) is 11.3 Å². The van der Waals surface area contributed by atoms with Crippen molar-refractivity contribution >= 4 is 5.97 Å². The minimum Gasteiger partial charge on any atom is -0.458 e. The molecule has 0 N–H and O–H groups in total. The molecule has 2 rings (SSSR count). The van der Waals surface area contributed by atoms with Crippen LogP contribution >= 0.6 is 0 Å². The molecule has 4 heteroatoms. The van der Waals surface area contributed by atoms with Gasteiger partial charge in [0.2, 0.25) is 0 Å². The van der Waals surface area contributed by atoms with E-state index in [4.69, 9.17) is 10.00 Å². The Morgan fingerprint density at radius 1 is 1.39 bits per heavy atom. The Morgan fingerprint density at radius 2 is 2.11 bits per heavy atom. The molecular formula is C14H16N2O2. The van der Waals surface area contributed by atoms with Crippen LogP contribution in [0.1, 0.15) is 53.8 Å². The fourth-order valence-electron chi connectivity index (χ4n) is 2.19. The summed E-state index contributed by atoms with van der Waals surface area (Å²) in [4.78, 5) is 16.0. The third kappa shape index (κ3) is 2.86. The minimum absolute atomic E-state index is 0.0315. The molecule has 1 heterocycles. The molecule has 1 aliphatic carbocycles. The minimum atomic E-state index is -0.380. The lowest BCUT2D eigenvalue weighted by molar-refractivity contribution is 0.0204. The maximum atomic E-state index is 11.9. The van der Waals surface area contributed by atoms with Gasteiger partial charge in [0.1, 0.15) is 17.9 Å². The summed E-state index contributed by atoms with van der Waals surface area (Å²) in [7, 11) is 0. The zero-order valence-corrected chi connectivity index (χ0v) is 10.5. The number of aryl methyl sites for hydroxylation is 1. The highest BCUT2D eigenvalue weighted by Gasteiger charge is 2.19. The Balaban J connectivity index is 2.04. The first-order valence-electron chi connectivity index (χ1n) is 6.29. The van der Waals surface area contributed by atoms with Crippen molar-refractivity contribution in [3.63, 3.8) is 0 Å². The first-order chi connectivity index (χ1) is 8.70. The lowest BCUT2D eigenvalue weighted by Crippen LogP contribution is -2.21. The fourth-order valence-corrected chi connectivity index (χ4v) is 2.19. The van der Waals surface area contributed by atoms with Crippen molar-refractivity contribution in [1.82, 2.24) is 4.98 Å². The number of carbonyl (C=O) groups excluding carboxylic acids is 1. The van der Waals surface area contributed by atoms with Gasteiger partial charge < -0.3 is 4.74 Å². The quantitative estimate of drug-likeness (QED) is 0.750. The second-order valence-corrected chi connectivity index (χ2v) is 4.61. The summed E-state index contributed by atoms with van der Waals surface area (Å²) in [6.07, 6.45) is 5.39. The molecule has 0 atom stereocenters. The summed E-state index contributed by atoms with van der Waals surface area (Å²) in [6.45, 7) is 1.72. The Morgan fingerprint density at radius 3 is 2.72 bits per heavy atom. The van der Waals surface area contributed by atoms with Crippen molar-refractivity contribution in [2.75, 3.05) is 0 Å². The summed E-state index contributed by atoms with van der Waals surface area (Å²) in [5.74, 6) is -0.380. The largest absolute Gasteiger partial charge is 0.458 e. The number of nitriles is 1. The maximum Gasteiger partial charge on any atom is 0.357 e. The van der Waals surface area contributed by atoms with Crippen molar-refractivity contribution in [2.24, 2.45) is 0 Å². The summed E-state index contributed by atoms with van der Waals surface area (Å²) in [5, 5.41) is 8.80. The topological polar surface area (TPSA) is 63.0 Å². The van der Waals surface area contributed by atoms with Crippen LogP contribution < -0.4 is 0 Å². The van der Waals surface area contributed by atoms with Gasteiger partial charge in [-0.2, -0.15) is 5.26 Å². The molecule has 94 valence electrons. The van der Waals surface area contributed by atoms with E-state index in [1.165, 1.54) is 6.42 Å². The Bertz CT molecular complexity index is 485. The summed E-state index contributed by atoms with van der Waals surface area (Å²) in [6, 6.07) is 5.19. The molecule has 1 aromatic rings. The van der Waals surface area contributed by atoms with Gasteiger partial charge in [-0.25, -0.2) is 9.78 Å². The number of pyridine rings is 1. The zero-order chi connectivity index (χ0) is 13.0. The number of esters is 1. The van der Waals surface area contributed by atoms with E-state index in [1.807, 2.05) is 6.07 Å². The van der Waals surface area contributed by atoms with Crippen LogP contribution in [0.15, 0.2) is 12.1 Å². The normalized spacial score (nSPS) is 16.0. The van der Waals surface area contributed by atoms with Crippen LogP contribution in [0, 0.1) is 18.3 Å². The second-order valence-electron chi connectivity index (χ2n) is 4.61. The van der Waals surface area contributed by atoms with Gasteiger partial charge >= 0.3 is 5.97 Å². The fraction of sp³-hybridized carbons (Fsp3) is 0.500. The number of ether oxygens (including phenoxy) is 1. The first-order valence-corrected chi connectivity index (χ1v) is 6.29. The van der Waals surface area contributed by atoms with E-state index in [2.05, 4.69) is 4.98 Å². The number of hydrogen-bond donors (Lipinski definition) is 0. The number of hydrogen-bond acceptors (Lipinski definition) is 4. The smallest absolute Gasteiger partial charge is 0.357 e. The standard InChI is InChI=1S/C14H16N2O2/c1-10-11(9-15)7-8-13(16-10)14(17)18-12-5-3-2-4-6-12/h7-8,12H,2-6H2,1H3. The summed E-state index contributed by atoms with van der Waals surface area (Å²) < 4.78 is 5.42. The van der Waals surface area contributed by atoms with E-state index >= 15 is 0 Å². The van der Waals surface area contributed by atoms with Crippen molar-refractivity contribution in [2.45, 2.75) is 45.1 Å². The molecule has 0 amide bonds. The van der Waals surface area contributed by atoms with Gasteiger partial charge in [-0.1, -0.05) is 6.42 Å². The highest BCUT2D eigenvalue weighted by atomic mass is 16.5. The predicted molar refractivity (Wildman–Crippen MR) is 66.0 cm³/mol. The highest BCUT2D eigenvalue weighted by molar-refractivity contribution is 5.87. The van der Waals surface area contributed by atoms with Crippen LogP contribution in [-0.4, -0.2) is 17.1 Å². The average Bonchev–Trinajstić information content (AvgIpc) is 2.39.